The lowest BCUT2D eigenvalue weighted by Gasteiger charge is -2.44. The van der Waals surface area contributed by atoms with Gasteiger partial charge in [0.15, 0.2) is 0 Å². The summed E-state index contributed by atoms with van der Waals surface area (Å²) in [5.74, 6) is 1.86. The quantitative estimate of drug-likeness (QED) is 0.759. The molecule has 98 valence electrons. The summed E-state index contributed by atoms with van der Waals surface area (Å²) in [6, 6.07) is 5.98. The van der Waals surface area contributed by atoms with E-state index in [1.807, 2.05) is 12.1 Å². The van der Waals surface area contributed by atoms with Crippen LogP contribution in [0.25, 0.3) is 0 Å². The molecular weight excluding hydrogens is 222 g/mol. The van der Waals surface area contributed by atoms with Crippen LogP contribution in [0.4, 0.5) is 0 Å². The van der Waals surface area contributed by atoms with Crippen molar-refractivity contribution in [2.45, 2.75) is 32.1 Å². The summed E-state index contributed by atoms with van der Waals surface area (Å²) in [6.45, 7) is 7.15. The molecule has 2 aliphatic rings. The lowest BCUT2D eigenvalue weighted by molar-refractivity contribution is 0.197. The highest BCUT2D eigenvalue weighted by Crippen LogP contribution is 2.48. The Balaban J connectivity index is 2.13. The number of phenolic OH excluding ortho intramolecular Hbond substituents is 1. The van der Waals surface area contributed by atoms with Gasteiger partial charge in [0, 0.05) is 6.54 Å². The SMILES string of the molecule is C[C@H]1[C@H]2Cc3ccc(O)cc3[C@@]1(C)CCN(C)C2. The Labute approximate surface area is 110 Å². The highest BCUT2D eigenvalue weighted by atomic mass is 16.3. The van der Waals surface area contributed by atoms with Gasteiger partial charge in [0.2, 0.25) is 0 Å². The lowest BCUT2D eigenvalue weighted by atomic mass is 9.60. The Morgan fingerprint density at radius 3 is 2.94 bits per heavy atom. The highest BCUT2D eigenvalue weighted by Gasteiger charge is 2.44. The number of fused-ring (bicyclic) bond motifs is 4. The van der Waals surface area contributed by atoms with Gasteiger partial charge in [-0.2, -0.15) is 0 Å². The number of aromatic hydroxyl groups is 1. The number of likely N-dealkylation sites (tertiary alicyclic amines) is 1. The molecule has 18 heavy (non-hydrogen) atoms. The van der Waals surface area contributed by atoms with E-state index in [1.54, 1.807) is 0 Å². The maximum Gasteiger partial charge on any atom is 0.115 e. The number of phenols is 1. The Kier molecular flexibility index (Phi) is 2.67. The van der Waals surface area contributed by atoms with E-state index in [0.29, 0.717) is 11.7 Å². The molecule has 1 N–H and O–H groups in total. The summed E-state index contributed by atoms with van der Waals surface area (Å²) in [5.41, 5.74) is 3.07. The summed E-state index contributed by atoms with van der Waals surface area (Å²) in [5, 5.41) is 9.80. The first kappa shape index (κ1) is 12.0. The molecule has 1 aliphatic heterocycles. The molecule has 1 aromatic rings. The average molecular weight is 245 g/mol. The predicted octanol–water partition coefficient (Wildman–Crippen LogP) is 2.79. The van der Waals surface area contributed by atoms with Gasteiger partial charge >= 0.3 is 0 Å². The van der Waals surface area contributed by atoms with Gasteiger partial charge in [-0.05, 0) is 66.9 Å². The summed E-state index contributed by atoms with van der Waals surface area (Å²) in [7, 11) is 2.24. The van der Waals surface area contributed by atoms with Gasteiger partial charge in [0.05, 0.1) is 0 Å². The zero-order valence-corrected chi connectivity index (χ0v) is 11.6. The number of benzene rings is 1. The van der Waals surface area contributed by atoms with Crippen LogP contribution in [0, 0.1) is 11.8 Å². The average Bonchev–Trinajstić information content (AvgIpc) is 2.41. The van der Waals surface area contributed by atoms with Crippen LogP contribution < -0.4 is 0 Å². The van der Waals surface area contributed by atoms with Crippen LogP contribution >= 0.6 is 0 Å². The fraction of sp³-hybridized carbons (Fsp3) is 0.625. The van der Waals surface area contributed by atoms with Crippen LogP contribution in [0.3, 0.4) is 0 Å². The minimum absolute atomic E-state index is 0.224. The molecule has 3 atom stereocenters. The minimum Gasteiger partial charge on any atom is -0.508 e. The van der Waals surface area contributed by atoms with E-state index in [9.17, 15) is 5.11 Å². The van der Waals surface area contributed by atoms with Crippen molar-refractivity contribution in [3.63, 3.8) is 0 Å². The van der Waals surface area contributed by atoms with Crippen molar-refractivity contribution in [1.29, 1.82) is 0 Å². The highest BCUT2D eigenvalue weighted by molar-refractivity contribution is 5.43. The zero-order valence-electron chi connectivity index (χ0n) is 11.6. The third-order valence-electron chi connectivity index (χ3n) is 5.46. The van der Waals surface area contributed by atoms with Crippen molar-refractivity contribution < 1.29 is 5.11 Å². The summed E-state index contributed by atoms with van der Waals surface area (Å²) >= 11 is 0. The monoisotopic (exact) mass is 245 g/mol. The third kappa shape index (κ3) is 1.66. The Morgan fingerprint density at radius 2 is 2.17 bits per heavy atom. The first-order valence-corrected chi connectivity index (χ1v) is 7.01. The van der Waals surface area contributed by atoms with Crippen molar-refractivity contribution in [3.05, 3.63) is 29.3 Å². The molecule has 3 rings (SSSR count). The van der Waals surface area contributed by atoms with Gasteiger partial charge < -0.3 is 10.0 Å². The number of nitrogens with zero attached hydrogens (tertiary/aromatic N) is 1. The van der Waals surface area contributed by atoms with Crippen molar-refractivity contribution in [2.75, 3.05) is 20.1 Å². The molecule has 1 fully saturated rings. The molecule has 0 spiro atoms. The second-order valence-electron chi connectivity index (χ2n) is 6.52. The van der Waals surface area contributed by atoms with Gasteiger partial charge in [0.25, 0.3) is 0 Å². The maximum absolute atomic E-state index is 9.80. The van der Waals surface area contributed by atoms with Crippen molar-refractivity contribution in [3.8, 4) is 5.75 Å². The summed E-state index contributed by atoms with van der Waals surface area (Å²) in [6.07, 6.45) is 2.36. The van der Waals surface area contributed by atoms with Crippen LogP contribution in [-0.4, -0.2) is 30.1 Å². The van der Waals surface area contributed by atoms with Gasteiger partial charge in [-0.3, -0.25) is 0 Å². The molecule has 2 nitrogen and oxygen atoms in total. The third-order valence-corrected chi connectivity index (χ3v) is 5.46. The van der Waals surface area contributed by atoms with Gasteiger partial charge in [-0.25, -0.2) is 0 Å². The van der Waals surface area contributed by atoms with Gasteiger partial charge in [0.1, 0.15) is 5.75 Å². The molecule has 1 aliphatic carbocycles. The maximum atomic E-state index is 9.80. The number of rotatable bonds is 0. The largest absolute Gasteiger partial charge is 0.508 e. The first-order chi connectivity index (χ1) is 8.50. The van der Waals surface area contributed by atoms with E-state index in [2.05, 4.69) is 31.9 Å². The molecule has 0 unspecified atom stereocenters. The van der Waals surface area contributed by atoms with E-state index >= 15 is 0 Å². The van der Waals surface area contributed by atoms with Crippen LogP contribution in [0.2, 0.25) is 0 Å². The molecular formula is C16H23NO. The van der Waals surface area contributed by atoms with Crippen LogP contribution in [0.1, 0.15) is 31.4 Å². The Hall–Kier alpha value is -1.02. The molecule has 0 amide bonds. The standard InChI is InChI=1S/C16H23NO/c1-11-13-8-12-4-5-14(18)9-15(12)16(11,2)6-7-17(3)10-13/h4-5,9,11,13,18H,6-8,10H2,1-3H3/t11-,13-,16-/m0/s1. The van der Waals surface area contributed by atoms with E-state index in [4.69, 9.17) is 0 Å². The second-order valence-corrected chi connectivity index (χ2v) is 6.52. The van der Waals surface area contributed by atoms with Crippen LogP contribution in [0.15, 0.2) is 18.2 Å². The fourth-order valence-corrected chi connectivity index (χ4v) is 4.00. The van der Waals surface area contributed by atoms with Crippen LogP contribution in [-0.2, 0) is 11.8 Å². The molecule has 1 aromatic carbocycles. The Bertz CT molecular complexity index is 470. The van der Waals surface area contributed by atoms with E-state index in [1.165, 1.54) is 24.1 Å². The van der Waals surface area contributed by atoms with E-state index in [-0.39, 0.29) is 5.41 Å². The summed E-state index contributed by atoms with van der Waals surface area (Å²) in [4.78, 5) is 2.47. The van der Waals surface area contributed by atoms with Gasteiger partial charge in [-0.15, -0.1) is 0 Å². The molecule has 0 radical (unpaired) electrons. The smallest absolute Gasteiger partial charge is 0.115 e. The molecule has 0 saturated carbocycles. The fourth-order valence-electron chi connectivity index (χ4n) is 4.00. The number of hydrogen-bond acceptors (Lipinski definition) is 2. The van der Waals surface area contributed by atoms with Gasteiger partial charge in [-0.1, -0.05) is 19.9 Å². The normalized spacial score (nSPS) is 35.9. The predicted molar refractivity (Wildman–Crippen MR) is 73.9 cm³/mol. The molecule has 2 bridgehead atoms. The Morgan fingerprint density at radius 1 is 1.39 bits per heavy atom. The molecule has 0 aromatic heterocycles. The lowest BCUT2D eigenvalue weighted by Crippen LogP contribution is -2.41. The molecule has 1 saturated heterocycles. The second kappa shape index (κ2) is 3.99. The number of hydrogen-bond donors (Lipinski definition) is 1. The van der Waals surface area contributed by atoms with E-state index in [0.717, 1.165) is 18.9 Å². The summed E-state index contributed by atoms with van der Waals surface area (Å²) < 4.78 is 0. The minimum atomic E-state index is 0.224. The van der Waals surface area contributed by atoms with Crippen molar-refractivity contribution in [1.82, 2.24) is 4.90 Å². The van der Waals surface area contributed by atoms with Crippen LogP contribution in [0.5, 0.6) is 5.75 Å². The van der Waals surface area contributed by atoms with Crippen molar-refractivity contribution >= 4 is 0 Å². The zero-order chi connectivity index (χ0) is 12.9. The molecule has 1 heterocycles. The molecule has 2 heteroatoms. The first-order valence-electron chi connectivity index (χ1n) is 7.01. The van der Waals surface area contributed by atoms with E-state index < -0.39 is 0 Å². The topological polar surface area (TPSA) is 23.5 Å². The van der Waals surface area contributed by atoms with Crippen molar-refractivity contribution in [2.24, 2.45) is 11.8 Å².